The van der Waals surface area contributed by atoms with Gasteiger partial charge in [0, 0.05) is 0 Å². The molecule has 0 spiro atoms. The second-order valence-corrected chi connectivity index (χ2v) is 6.87. The normalized spacial score (nSPS) is 20.4. The van der Waals surface area contributed by atoms with Crippen molar-refractivity contribution in [3.05, 3.63) is 35.6 Å². The molecule has 118 valence electrons. The highest BCUT2D eigenvalue weighted by Gasteiger charge is 2.37. The quantitative estimate of drug-likeness (QED) is 0.925. The van der Waals surface area contributed by atoms with Crippen LogP contribution in [0.1, 0.15) is 31.2 Å². The minimum Gasteiger partial charge on any atom is -0.345 e. The minimum absolute atomic E-state index is 0.0161. The van der Waals surface area contributed by atoms with E-state index < -0.39 is 5.54 Å². The number of benzene rings is 1. The summed E-state index contributed by atoms with van der Waals surface area (Å²) in [6, 6.07) is 6.36. The van der Waals surface area contributed by atoms with Crippen molar-refractivity contribution in [2.45, 2.75) is 31.2 Å². The van der Waals surface area contributed by atoms with E-state index in [1.807, 2.05) is 0 Å². The first kappa shape index (κ1) is 15.3. The van der Waals surface area contributed by atoms with Crippen molar-refractivity contribution in [2.24, 2.45) is 0 Å². The molecule has 2 aliphatic rings. The molecule has 3 rings (SSSR count). The van der Waals surface area contributed by atoms with Gasteiger partial charge in [-0.25, -0.2) is 4.39 Å². The molecule has 1 N–H and O–H groups in total. The number of nitrogens with one attached hydrogen (secondary N) is 1. The molecule has 0 bridgehead atoms. The topological polar surface area (TPSA) is 49.4 Å². The predicted octanol–water partition coefficient (Wildman–Crippen LogP) is 2.24. The highest BCUT2D eigenvalue weighted by Crippen LogP contribution is 2.38. The molecule has 1 heterocycles. The van der Waals surface area contributed by atoms with Crippen LogP contribution in [0.25, 0.3) is 0 Å². The van der Waals surface area contributed by atoms with Gasteiger partial charge in [0.15, 0.2) is 0 Å². The van der Waals surface area contributed by atoms with E-state index in [1.54, 1.807) is 17.0 Å². The van der Waals surface area contributed by atoms with Gasteiger partial charge >= 0.3 is 0 Å². The lowest BCUT2D eigenvalue weighted by atomic mass is 9.88. The number of thioether (sulfide) groups is 1. The van der Waals surface area contributed by atoms with Gasteiger partial charge in [0.1, 0.15) is 12.4 Å². The monoisotopic (exact) mass is 322 g/mol. The van der Waals surface area contributed by atoms with Crippen LogP contribution in [-0.4, -0.2) is 34.9 Å². The second kappa shape index (κ2) is 6.28. The first-order valence-corrected chi connectivity index (χ1v) is 8.67. The van der Waals surface area contributed by atoms with Crippen LogP contribution in [-0.2, 0) is 15.1 Å². The van der Waals surface area contributed by atoms with E-state index in [0.717, 1.165) is 31.2 Å². The number of rotatable bonds is 4. The van der Waals surface area contributed by atoms with E-state index in [1.165, 1.54) is 23.9 Å². The minimum atomic E-state index is -0.416. The van der Waals surface area contributed by atoms with Gasteiger partial charge in [0.25, 0.3) is 0 Å². The molecule has 6 heteroatoms. The second-order valence-electron chi connectivity index (χ2n) is 5.91. The molecule has 2 amide bonds. The summed E-state index contributed by atoms with van der Waals surface area (Å²) >= 11 is 1.53. The van der Waals surface area contributed by atoms with Crippen molar-refractivity contribution in [1.82, 2.24) is 10.2 Å². The Labute approximate surface area is 133 Å². The average molecular weight is 322 g/mol. The summed E-state index contributed by atoms with van der Waals surface area (Å²) in [5, 5.41) is 3.11. The molecule has 1 saturated carbocycles. The van der Waals surface area contributed by atoms with Crippen molar-refractivity contribution >= 4 is 23.6 Å². The predicted molar refractivity (Wildman–Crippen MR) is 83.7 cm³/mol. The van der Waals surface area contributed by atoms with E-state index in [4.69, 9.17) is 0 Å². The lowest BCUT2D eigenvalue weighted by molar-refractivity contribution is -0.133. The fourth-order valence-electron chi connectivity index (χ4n) is 3.25. The highest BCUT2D eigenvalue weighted by molar-refractivity contribution is 8.00. The number of hydrogen-bond donors (Lipinski definition) is 1. The summed E-state index contributed by atoms with van der Waals surface area (Å²) in [6.45, 7) is 0.106. The van der Waals surface area contributed by atoms with Gasteiger partial charge in [-0.3, -0.25) is 9.59 Å². The Hall–Kier alpha value is -1.56. The van der Waals surface area contributed by atoms with Crippen molar-refractivity contribution in [2.75, 3.05) is 18.2 Å². The van der Waals surface area contributed by atoms with Gasteiger partial charge in [-0.15, -0.1) is 11.8 Å². The first-order chi connectivity index (χ1) is 10.6. The Bertz CT molecular complexity index is 570. The molecular formula is C16H19FN2O2S. The molecule has 1 saturated heterocycles. The van der Waals surface area contributed by atoms with Crippen molar-refractivity contribution < 1.29 is 14.0 Å². The molecular weight excluding hydrogens is 303 g/mol. The molecule has 0 radical (unpaired) electrons. The van der Waals surface area contributed by atoms with Crippen LogP contribution in [0.5, 0.6) is 0 Å². The summed E-state index contributed by atoms with van der Waals surface area (Å²) in [5.41, 5.74) is 0.530. The fraction of sp³-hybridized carbons (Fsp3) is 0.500. The maximum Gasteiger partial charge on any atom is 0.240 e. The third kappa shape index (κ3) is 3.11. The number of carbonyl (C=O) groups is 2. The van der Waals surface area contributed by atoms with E-state index in [-0.39, 0.29) is 24.2 Å². The highest BCUT2D eigenvalue weighted by atomic mass is 32.2. The van der Waals surface area contributed by atoms with Crippen molar-refractivity contribution in [3.63, 3.8) is 0 Å². The van der Waals surface area contributed by atoms with Gasteiger partial charge in [-0.2, -0.15) is 0 Å². The number of nitrogens with zero attached hydrogens (tertiary/aromatic N) is 1. The van der Waals surface area contributed by atoms with Crippen LogP contribution >= 0.6 is 11.8 Å². The third-order valence-electron chi connectivity index (χ3n) is 4.39. The maximum atomic E-state index is 13.1. The molecule has 1 aromatic carbocycles. The maximum absolute atomic E-state index is 13.1. The van der Waals surface area contributed by atoms with Crippen molar-refractivity contribution in [1.29, 1.82) is 0 Å². The Balaban J connectivity index is 1.72. The van der Waals surface area contributed by atoms with Gasteiger partial charge < -0.3 is 10.2 Å². The van der Waals surface area contributed by atoms with Crippen LogP contribution in [0.3, 0.4) is 0 Å². The number of hydrogen-bond acceptors (Lipinski definition) is 3. The Morgan fingerprint density at radius 2 is 1.95 bits per heavy atom. The molecule has 1 aromatic rings. The molecule has 4 nitrogen and oxygen atoms in total. The lowest BCUT2D eigenvalue weighted by Gasteiger charge is -2.32. The zero-order valence-corrected chi connectivity index (χ0v) is 13.1. The van der Waals surface area contributed by atoms with Gasteiger partial charge in [-0.05, 0) is 30.5 Å². The van der Waals surface area contributed by atoms with Gasteiger partial charge in [-0.1, -0.05) is 25.0 Å². The summed E-state index contributed by atoms with van der Waals surface area (Å²) in [4.78, 5) is 25.6. The largest absolute Gasteiger partial charge is 0.345 e. The summed E-state index contributed by atoms with van der Waals surface area (Å²) in [6.07, 6.45) is 3.78. The first-order valence-electron chi connectivity index (χ1n) is 7.52. The SMILES string of the molecule is O=C(CN1CSCC1=O)NC1(c2ccc(F)cc2)CCCC1. The fourth-order valence-corrected chi connectivity index (χ4v) is 4.16. The summed E-state index contributed by atoms with van der Waals surface area (Å²) in [5.74, 6) is 0.638. The molecule has 0 aromatic heterocycles. The van der Waals surface area contributed by atoms with Crippen LogP contribution in [0.2, 0.25) is 0 Å². The Morgan fingerprint density at radius 3 is 2.55 bits per heavy atom. The summed E-state index contributed by atoms with van der Waals surface area (Å²) < 4.78 is 13.1. The molecule has 0 unspecified atom stereocenters. The Kier molecular flexibility index (Phi) is 4.38. The van der Waals surface area contributed by atoms with Crippen LogP contribution in [0.4, 0.5) is 4.39 Å². The third-order valence-corrected chi connectivity index (χ3v) is 5.34. The molecule has 2 fully saturated rings. The van der Waals surface area contributed by atoms with E-state index >= 15 is 0 Å². The molecule has 22 heavy (non-hydrogen) atoms. The number of carbonyl (C=O) groups excluding carboxylic acids is 2. The van der Waals surface area contributed by atoms with Crippen LogP contribution in [0, 0.1) is 5.82 Å². The smallest absolute Gasteiger partial charge is 0.240 e. The average Bonchev–Trinajstić information content (AvgIpc) is 3.11. The van der Waals surface area contributed by atoms with E-state index in [9.17, 15) is 14.0 Å². The molecule has 1 aliphatic carbocycles. The van der Waals surface area contributed by atoms with Crippen LogP contribution in [0.15, 0.2) is 24.3 Å². The van der Waals surface area contributed by atoms with Crippen LogP contribution < -0.4 is 5.32 Å². The van der Waals surface area contributed by atoms with Gasteiger partial charge in [0.2, 0.25) is 11.8 Å². The number of halogens is 1. The Morgan fingerprint density at radius 1 is 1.27 bits per heavy atom. The number of amides is 2. The van der Waals surface area contributed by atoms with E-state index in [2.05, 4.69) is 5.32 Å². The zero-order valence-electron chi connectivity index (χ0n) is 12.3. The summed E-state index contributed by atoms with van der Waals surface area (Å²) in [7, 11) is 0. The zero-order chi connectivity index (χ0) is 15.6. The molecule has 1 aliphatic heterocycles. The lowest BCUT2D eigenvalue weighted by Crippen LogP contribution is -2.48. The standard InChI is InChI=1S/C16H19FN2O2S/c17-13-5-3-12(4-6-13)16(7-1-2-8-16)18-14(20)9-19-11-22-10-15(19)21/h3-6H,1-2,7-11H2,(H,18,20). The van der Waals surface area contributed by atoms with E-state index in [0.29, 0.717) is 11.6 Å². The van der Waals surface area contributed by atoms with Gasteiger partial charge in [0.05, 0.1) is 17.2 Å². The molecule has 0 atom stereocenters. The van der Waals surface area contributed by atoms with Crippen molar-refractivity contribution in [3.8, 4) is 0 Å².